The van der Waals surface area contributed by atoms with Gasteiger partial charge in [0.1, 0.15) is 5.82 Å². The zero-order chi connectivity index (χ0) is 18.5. The molecule has 1 aromatic heterocycles. The molecule has 0 saturated heterocycles. The van der Waals surface area contributed by atoms with Gasteiger partial charge in [0.2, 0.25) is 5.91 Å². The van der Waals surface area contributed by atoms with Crippen molar-refractivity contribution in [2.45, 2.75) is 37.5 Å². The Morgan fingerprint density at radius 3 is 2.58 bits per heavy atom. The molecule has 5 heteroatoms. The molecule has 2 aromatic carbocycles. The number of imidazole rings is 1. The SMILES string of the molecule is Cc1ccc(S[C@@H](C)C(=O)NCc2ccccc2-n2ccnc2C)cc1. The number of thioether (sulfide) groups is 1. The van der Waals surface area contributed by atoms with Gasteiger partial charge in [0.05, 0.1) is 10.9 Å². The summed E-state index contributed by atoms with van der Waals surface area (Å²) in [6.45, 7) is 6.46. The monoisotopic (exact) mass is 365 g/mol. The lowest BCUT2D eigenvalue weighted by Gasteiger charge is -2.15. The summed E-state index contributed by atoms with van der Waals surface area (Å²) in [5.41, 5.74) is 3.33. The van der Waals surface area contributed by atoms with Gasteiger partial charge in [-0.25, -0.2) is 4.98 Å². The van der Waals surface area contributed by atoms with Gasteiger partial charge >= 0.3 is 0 Å². The molecule has 26 heavy (non-hydrogen) atoms. The summed E-state index contributed by atoms with van der Waals surface area (Å²) in [6, 6.07) is 16.3. The van der Waals surface area contributed by atoms with Gasteiger partial charge in [-0.2, -0.15) is 0 Å². The van der Waals surface area contributed by atoms with Crippen LogP contribution in [0.1, 0.15) is 23.9 Å². The molecule has 0 spiro atoms. The molecule has 3 aromatic rings. The minimum Gasteiger partial charge on any atom is -0.351 e. The molecule has 0 fully saturated rings. The lowest BCUT2D eigenvalue weighted by Crippen LogP contribution is -2.30. The number of para-hydroxylation sites is 1. The highest BCUT2D eigenvalue weighted by Gasteiger charge is 2.15. The zero-order valence-corrected chi connectivity index (χ0v) is 16.1. The minimum atomic E-state index is -0.153. The van der Waals surface area contributed by atoms with Crippen molar-refractivity contribution in [3.8, 4) is 5.69 Å². The second kappa shape index (κ2) is 8.23. The quantitative estimate of drug-likeness (QED) is 0.663. The van der Waals surface area contributed by atoms with Gasteiger partial charge in [-0.05, 0) is 44.5 Å². The topological polar surface area (TPSA) is 46.9 Å². The molecular weight excluding hydrogens is 342 g/mol. The normalized spacial score (nSPS) is 12.0. The van der Waals surface area contributed by atoms with Crippen molar-refractivity contribution in [2.75, 3.05) is 0 Å². The van der Waals surface area contributed by atoms with E-state index in [4.69, 9.17) is 0 Å². The predicted octanol–water partition coefficient (Wildman–Crippen LogP) is 4.29. The number of aryl methyl sites for hydroxylation is 2. The molecule has 1 atom stereocenters. The second-order valence-electron chi connectivity index (χ2n) is 6.26. The third kappa shape index (κ3) is 4.35. The van der Waals surface area contributed by atoms with Crippen LogP contribution in [0.15, 0.2) is 65.8 Å². The molecule has 0 aliphatic carbocycles. The lowest BCUT2D eigenvalue weighted by atomic mass is 10.1. The van der Waals surface area contributed by atoms with Crippen LogP contribution in [0.2, 0.25) is 0 Å². The standard InChI is InChI=1S/C21H23N3OS/c1-15-8-10-19(11-9-15)26-16(2)21(25)23-14-18-6-4-5-7-20(18)24-13-12-22-17(24)3/h4-13,16H,14H2,1-3H3,(H,23,25)/t16-/m0/s1. The van der Waals surface area contributed by atoms with Gasteiger partial charge in [0.15, 0.2) is 0 Å². The maximum absolute atomic E-state index is 12.5. The van der Waals surface area contributed by atoms with E-state index in [0.29, 0.717) is 6.54 Å². The molecule has 4 nitrogen and oxygen atoms in total. The van der Waals surface area contributed by atoms with Crippen LogP contribution < -0.4 is 5.32 Å². The van der Waals surface area contributed by atoms with Crippen molar-refractivity contribution >= 4 is 17.7 Å². The van der Waals surface area contributed by atoms with E-state index in [1.807, 2.05) is 48.9 Å². The fraction of sp³-hybridized carbons (Fsp3) is 0.238. The van der Waals surface area contributed by atoms with Crippen molar-refractivity contribution in [3.05, 3.63) is 77.9 Å². The molecule has 1 heterocycles. The molecule has 134 valence electrons. The zero-order valence-electron chi connectivity index (χ0n) is 15.3. The predicted molar refractivity (Wildman–Crippen MR) is 107 cm³/mol. The highest BCUT2D eigenvalue weighted by Crippen LogP contribution is 2.24. The number of hydrogen-bond acceptors (Lipinski definition) is 3. The van der Waals surface area contributed by atoms with Gasteiger partial charge in [-0.3, -0.25) is 4.79 Å². The number of carbonyl (C=O) groups excluding carboxylic acids is 1. The van der Waals surface area contributed by atoms with Crippen LogP contribution in [0.4, 0.5) is 0 Å². The maximum atomic E-state index is 12.5. The van der Waals surface area contributed by atoms with Gasteiger partial charge < -0.3 is 9.88 Å². The van der Waals surface area contributed by atoms with E-state index in [9.17, 15) is 4.79 Å². The van der Waals surface area contributed by atoms with Crippen LogP contribution in [0.3, 0.4) is 0 Å². The molecule has 1 N–H and O–H groups in total. The fourth-order valence-electron chi connectivity index (χ4n) is 2.73. The summed E-state index contributed by atoms with van der Waals surface area (Å²) in [7, 11) is 0. The van der Waals surface area contributed by atoms with Crippen LogP contribution in [0, 0.1) is 13.8 Å². The number of nitrogens with one attached hydrogen (secondary N) is 1. The third-order valence-electron chi connectivity index (χ3n) is 4.23. The smallest absolute Gasteiger partial charge is 0.233 e. The van der Waals surface area contributed by atoms with Crippen molar-refractivity contribution in [1.82, 2.24) is 14.9 Å². The van der Waals surface area contributed by atoms with E-state index in [-0.39, 0.29) is 11.2 Å². The number of amides is 1. The summed E-state index contributed by atoms with van der Waals surface area (Å²) in [4.78, 5) is 17.9. The highest BCUT2D eigenvalue weighted by atomic mass is 32.2. The molecule has 0 saturated carbocycles. The first kappa shape index (κ1) is 18.3. The van der Waals surface area contributed by atoms with E-state index in [1.165, 1.54) is 5.56 Å². The van der Waals surface area contributed by atoms with Crippen molar-refractivity contribution in [2.24, 2.45) is 0 Å². The Hall–Kier alpha value is -2.53. The average Bonchev–Trinajstić information content (AvgIpc) is 3.07. The Bertz CT molecular complexity index is 886. The first-order valence-electron chi connectivity index (χ1n) is 8.64. The van der Waals surface area contributed by atoms with Crippen LogP contribution in [0.25, 0.3) is 5.69 Å². The fourth-order valence-corrected chi connectivity index (χ4v) is 3.62. The number of nitrogens with zero attached hydrogens (tertiary/aromatic N) is 2. The largest absolute Gasteiger partial charge is 0.351 e. The van der Waals surface area contributed by atoms with E-state index >= 15 is 0 Å². The van der Waals surface area contributed by atoms with Gasteiger partial charge in [-0.1, -0.05) is 35.9 Å². The van der Waals surface area contributed by atoms with Gasteiger partial charge in [0, 0.05) is 23.8 Å². The molecule has 0 radical (unpaired) electrons. The molecular formula is C21H23N3OS. The second-order valence-corrected chi connectivity index (χ2v) is 7.68. The first-order valence-corrected chi connectivity index (χ1v) is 9.52. The summed E-state index contributed by atoms with van der Waals surface area (Å²) in [5, 5.41) is 2.91. The maximum Gasteiger partial charge on any atom is 0.233 e. The van der Waals surface area contributed by atoms with Crippen LogP contribution in [-0.2, 0) is 11.3 Å². The molecule has 0 aliphatic rings. The summed E-state index contributed by atoms with van der Waals surface area (Å²) in [6.07, 6.45) is 3.72. The van der Waals surface area contributed by atoms with Gasteiger partial charge in [0.25, 0.3) is 0 Å². The Balaban J connectivity index is 1.64. The lowest BCUT2D eigenvalue weighted by molar-refractivity contribution is -0.120. The Labute approximate surface area is 158 Å². The third-order valence-corrected chi connectivity index (χ3v) is 5.34. The minimum absolute atomic E-state index is 0.0349. The Morgan fingerprint density at radius 1 is 1.15 bits per heavy atom. The molecule has 0 aliphatic heterocycles. The van der Waals surface area contributed by atoms with E-state index < -0.39 is 0 Å². The van der Waals surface area contributed by atoms with E-state index in [0.717, 1.165) is 22.0 Å². The van der Waals surface area contributed by atoms with Crippen molar-refractivity contribution in [1.29, 1.82) is 0 Å². The highest BCUT2D eigenvalue weighted by molar-refractivity contribution is 8.00. The number of rotatable bonds is 6. The summed E-state index contributed by atoms with van der Waals surface area (Å²) in [5.74, 6) is 0.958. The number of benzene rings is 2. The Kier molecular flexibility index (Phi) is 5.78. The van der Waals surface area contributed by atoms with Crippen molar-refractivity contribution in [3.63, 3.8) is 0 Å². The van der Waals surface area contributed by atoms with Crippen molar-refractivity contribution < 1.29 is 4.79 Å². The molecule has 0 bridgehead atoms. The van der Waals surface area contributed by atoms with E-state index in [2.05, 4.69) is 41.5 Å². The van der Waals surface area contributed by atoms with Crippen LogP contribution >= 0.6 is 11.8 Å². The van der Waals surface area contributed by atoms with Crippen LogP contribution in [-0.4, -0.2) is 20.7 Å². The first-order chi connectivity index (χ1) is 12.5. The molecule has 0 unspecified atom stereocenters. The van der Waals surface area contributed by atoms with Crippen LogP contribution in [0.5, 0.6) is 0 Å². The average molecular weight is 366 g/mol. The number of hydrogen-bond donors (Lipinski definition) is 1. The summed E-state index contributed by atoms with van der Waals surface area (Å²) < 4.78 is 2.03. The number of aromatic nitrogens is 2. The molecule has 1 amide bonds. The summed E-state index contributed by atoms with van der Waals surface area (Å²) >= 11 is 1.57. The number of carbonyl (C=O) groups is 1. The van der Waals surface area contributed by atoms with Gasteiger partial charge in [-0.15, -0.1) is 11.8 Å². The molecule has 3 rings (SSSR count). The Morgan fingerprint density at radius 2 is 1.88 bits per heavy atom. The van der Waals surface area contributed by atoms with E-state index in [1.54, 1.807) is 18.0 Å².